The Morgan fingerprint density at radius 1 is 1.21 bits per heavy atom. The van der Waals surface area contributed by atoms with Crippen LogP contribution in [0.5, 0.6) is 11.5 Å². The molecule has 1 unspecified atom stereocenters. The maximum Gasteiger partial charge on any atom is 0.161 e. The third-order valence-electron chi connectivity index (χ3n) is 4.32. The van der Waals surface area contributed by atoms with E-state index in [4.69, 9.17) is 14.6 Å². The van der Waals surface area contributed by atoms with Gasteiger partial charge in [0.05, 0.1) is 13.7 Å². The van der Waals surface area contributed by atoms with E-state index in [1.807, 2.05) is 24.3 Å². The van der Waals surface area contributed by atoms with Crippen LogP contribution in [-0.2, 0) is 13.0 Å². The lowest BCUT2D eigenvalue weighted by Gasteiger charge is -2.16. The van der Waals surface area contributed by atoms with Gasteiger partial charge in [0.2, 0.25) is 0 Å². The number of halogens is 1. The summed E-state index contributed by atoms with van der Waals surface area (Å²) in [5, 5.41) is 12.3. The molecule has 5 heteroatoms. The smallest absolute Gasteiger partial charge is 0.161 e. The summed E-state index contributed by atoms with van der Waals surface area (Å²) in [4.78, 5) is 0. The van der Waals surface area contributed by atoms with Crippen LogP contribution < -0.4 is 14.8 Å². The first-order chi connectivity index (χ1) is 11.7. The molecule has 0 saturated carbocycles. The molecule has 2 N–H and O–H groups in total. The van der Waals surface area contributed by atoms with Crippen molar-refractivity contribution >= 4 is 0 Å². The molecule has 0 heterocycles. The van der Waals surface area contributed by atoms with Gasteiger partial charge in [-0.25, -0.2) is 4.39 Å². The zero-order valence-electron chi connectivity index (χ0n) is 13.7. The second-order valence-corrected chi connectivity index (χ2v) is 5.87. The molecule has 0 fully saturated rings. The van der Waals surface area contributed by atoms with Crippen LogP contribution in [0.2, 0.25) is 0 Å². The molecule has 0 radical (unpaired) electrons. The Balaban J connectivity index is 1.66. The number of nitrogens with one attached hydrogen (secondary N) is 1. The molecule has 128 valence electrons. The van der Waals surface area contributed by atoms with E-state index >= 15 is 0 Å². The molecule has 0 aromatic heterocycles. The van der Waals surface area contributed by atoms with Crippen molar-refractivity contribution in [2.75, 3.05) is 20.3 Å². The van der Waals surface area contributed by atoms with Crippen LogP contribution in [0.25, 0.3) is 0 Å². The molecule has 4 nitrogen and oxygen atoms in total. The highest BCUT2D eigenvalue weighted by Crippen LogP contribution is 2.32. The van der Waals surface area contributed by atoms with E-state index in [-0.39, 0.29) is 25.1 Å². The van der Waals surface area contributed by atoms with E-state index in [0.29, 0.717) is 18.0 Å². The van der Waals surface area contributed by atoms with Gasteiger partial charge >= 0.3 is 0 Å². The summed E-state index contributed by atoms with van der Waals surface area (Å²) in [7, 11) is 1.59. The summed E-state index contributed by atoms with van der Waals surface area (Å²) in [5.74, 6) is 1.07. The van der Waals surface area contributed by atoms with Gasteiger partial charge in [-0.3, -0.25) is 0 Å². The highest BCUT2D eigenvalue weighted by atomic mass is 19.1. The van der Waals surface area contributed by atoms with E-state index < -0.39 is 0 Å². The number of aryl methyl sites for hydroxylation is 1. The summed E-state index contributed by atoms with van der Waals surface area (Å²) >= 11 is 0. The monoisotopic (exact) mass is 331 g/mol. The Labute approximate surface area is 141 Å². The minimum Gasteiger partial charge on any atom is -0.493 e. The molecular formula is C19H22FNO3. The van der Waals surface area contributed by atoms with Gasteiger partial charge in [-0.2, -0.15) is 0 Å². The molecule has 1 aliphatic carbocycles. The molecular weight excluding hydrogens is 309 g/mol. The van der Waals surface area contributed by atoms with Gasteiger partial charge < -0.3 is 19.9 Å². The van der Waals surface area contributed by atoms with Crippen LogP contribution in [0, 0.1) is 5.82 Å². The number of benzene rings is 2. The van der Waals surface area contributed by atoms with Crippen molar-refractivity contribution in [3.8, 4) is 11.5 Å². The number of fused-ring (bicyclic) bond motifs is 1. The molecule has 3 rings (SSSR count). The number of hydrogen-bond donors (Lipinski definition) is 2. The van der Waals surface area contributed by atoms with Gasteiger partial charge in [0.1, 0.15) is 12.4 Å². The van der Waals surface area contributed by atoms with E-state index in [1.54, 1.807) is 13.2 Å². The first-order valence-corrected chi connectivity index (χ1v) is 8.13. The Kier molecular flexibility index (Phi) is 5.33. The first-order valence-electron chi connectivity index (χ1n) is 8.13. The fraction of sp³-hybridized carbons (Fsp3) is 0.368. The third-order valence-corrected chi connectivity index (χ3v) is 4.32. The lowest BCUT2D eigenvalue weighted by molar-refractivity contribution is 0.196. The number of ether oxygens (including phenoxy) is 2. The summed E-state index contributed by atoms with van der Waals surface area (Å²) in [6.07, 6.45) is 1.96. The summed E-state index contributed by atoms with van der Waals surface area (Å²) in [6.45, 7) is 0.861. The minimum absolute atomic E-state index is 0.0376. The summed E-state index contributed by atoms with van der Waals surface area (Å²) in [6, 6.07) is 10.9. The van der Waals surface area contributed by atoms with Crippen molar-refractivity contribution < 1.29 is 19.0 Å². The molecule has 0 amide bonds. The second-order valence-electron chi connectivity index (χ2n) is 5.87. The number of methoxy groups -OCH3 is 1. The van der Waals surface area contributed by atoms with Crippen LogP contribution in [0.1, 0.15) is 29.2 Å². The van der Waals surface area contributed by atoms with E-state index in [2.05, 4.69) is 5.32 Å². The van der Waals surface area contributed by atoms with Crippen molar-refractivity contribution in [2.24, 2.45) is 0 Å². The Morgan fingerprint density at radius 3 is 2.88 bits per heavy atom. The van der Waals surface area contributed by atoms with Gasteiger partial charge in [0.15, 0.2) is 11.5 Å². The van der Waals surface area contributed by atoms with Gasteiger partial charge in [-0.05, 0) is 53.8 Å². The molecule has 0 bridgehead atoms. The minimum atomic E-state index is -0.186. The summed E-state index contributed by atoms with van der Waals surface area (Å²) < 4.78 is 24.2. The maximum atomic E-state index is 13.5. The predicted octanol–water partition coefficient (Wildman–Crippen LogP) is 2.98. The lowest BCUT2D eigenvalue weighted by atomic mass is 10.1. The normalized spacial score (nSPS) is 16.0. The van der Waals surface area contributed by atoms with Gasteiger partial charge in [0, 0.05) is 12.6 Å². The van der Waals surface area contributed by atoms with Crippen molar-refractivity contribution in [1.82, 2.24) is 5.32 Å². The SMILES string of the molecule is COc1cc(CNC2CCc3ccc(F)cc32)ccc1OCCO. The number of aliphatic hydroxyl groups is 1. The van der Waals surface area contributed by atoms with Crippen LogP contribution in [-0.4, -0.2) is 25.4 Å². The Morgan fingerprint density at radius 2 is 2.08 bits per heavy atom. The average molecular weight is 331 g/mol. The van der Waals surface area contributed by atoms with Crippen molar-refractivity contribution in [3.05, 3.63) is 58.9 Å². The fourth-order valence-electron chi connectivity index (χ4n) is 3.12. The van der Waals surface area contributed by atoms with Crippen LogP contribution in [0.15, 0.2) is 36.4 Å². The second kappa shape index (κ2) is 7.64. The number of rotatable bonds is 7. The quantitative estimate of drug-likeness (QED) is 0.819. The first kappa shape index (κ1) is 16.7. The molecule has 0 saturated heterocycles. The van der Waals surface area contributed by atoms with E-state index in [9.17, 15) is 4.39 Å². The highest BCUT2D eigenvalue weighted by Gasteiger charge is 2.22. The number of hydrogen-bond acceptors (Lipinski definition) is 4. The standard InChI is InChI=1S/C19H22FNO3/c1-23-19-10-13(2-7-18(19)24-9-8-22)12-21-17-6-4-14-3-5-15(20)11-16(14)17/h2-3,5,7,10-11,17,21-22H,4,6,8-9,12H2,1H3. The summed E-state index contributed by atoms with van der Waals surface area (Å²) in [5.41, 5.74) is 3.34. The van der Waals surface area contributed by atoms with Crippen LogP contribution >= 0.6 is 0 Å². The average Bonchev–Trinajstić information content (AvgIpc) is 3.00. The van der Waals surface area contributed by atoms with Crippen LogP contribution in [0.3, 0.4) is 0 Å². The van der Waals surface area contributed by atoms with Crippen LogP contribution in [0.4, 0.5) is 4.39 Å². The maximum absolute atomic E-state index is 13.5. The largest absolute Gasteiger partial charge is 0.493 e. The molecule has 2 aromatic carbocycles. The Bertz CT molecular complexity index is 705. The zero-order chi connectivity index (χ0) is 16.9. The molecule has 1 aliphatic rings. The predicted molar refractivity (Wildman–Crippen MR) is 89.9 cm³/mol. The lowest BCUT2D eigenvalue weighted by Crippen LogP contribution is -2.18. The van der Waals surface area contributed by atoms with E-state index in [1.165, 1.54) is 11.6 Å². The van der Waals surface area contributed by atoms with Crippen molar-refractivity contribution in [2.45, 2.75) is 25.4 Å². The third kappa shape index (κ3) is 3.68. The Hall–Kier alpha value is -2.11. The topological polar surface area (TPSA) is 50.7 Å². The van der Waals surface area contributed by atoms with Gasteiger partial charge in [-0.15, -0.1) is 0 Å². The molecule has 0 aliphatic heterocycles. The molecule has 2 aromatic rings. The van der Waals surface area contributed by atoms with Gasteiger partial charge in [0.25, 0.3) is 0 Å². The zero-order valence-corrected chi connectivity index (χ0v) is 13.7. The highest BCUT2D eigenvalue weighted by molar-refractivity contribution is 5.43. The van der Waals surface area contributed by atoms with Crippen molar-refractivity contribution in [1.29, 1.82) is 0 Å². The molecule has 24 heavy (non-hydrogen) atoms. The molecule has 1 atom stereocenters. The van der Waals surface area contributed by atoms with Crippen molar-refractivity contribution in [3.63, 3.8) is 0 Å². The van der Waals surface area contributed by atoms with Gasteiger partial charge in [-0.1, -0.05) is 12.1 Å². The molecule has 0 spiro atoms. The van der Waals surface area contributed by atoms with E-state index in [0.717, 1.165) is 24.0 Å². The number of aliphatic hydroxyl groups excluding tert-OH is 1. The fourth-order valence-corrected chi connectivity index (χ4v) is 3.12.